The highest BCUT2D eigenvalue weighted by atomic mass is 16.5. The van der Waals surface area contributed by atoms with E-state index in [9.17, 15) is 9.59 Å². The van der Waals surface area contributed by atoms with Gasteiger partial charge in [0, 0.05) is 19.0 Å². The molecule has 8 nitrogen and oxygen atoms in total. The number of benzene rings is 2. The summed E-state index contributed by atoms with van der Waals surface area (Å²) in [5.74, 6) is 2.69. The van der Waals surface area contributed by atoms with Gasteiger partial charge in [-0.2, -0.15) is 0 Å². The first-order valence-electron chi connectivity index (χ1n) is 9.32. The van der Waals surface area contributed by atoms with Gasteiger partial charge in [-0.05, 0) is 23.8 Å². The van der Waals surface area contributed by atoms with Crippen molar-refractivity contribution in [2.45, 2.75) is 12.5 Å². The molecule has 2 heterocycles. The molecule has 0 saturated carbocycles. The number of aromatic amines is 1. The van der Waals surface area contributed by atoms with Crippen LogP contribution < -0.4 is 15.0 Å². The van der Waals surface area contributed by atoms with Crippen LogP contribution >= 0.6 is 0 Å². The fourth-order valence-corrected chi connectivity index (χ4v) is 3.18. The predicted molar refractivity (Wildman–Crippen MR) is 110 cm³/mol. The average Bonchev–Trinajstić information content (AvgIpc) is 3.20. The molecule has 0 spiro atoms. The van der Waals surface area contributed by atoms with Crippen LogP contribution in [0.4, 0.5) is 5.69 Å². The molecule has 4 rings (SSSR count). The van der Waals surface area contributed by atoms with Crippen molar-refractivity contribution in [2.75, 3.05) is 18.6 Å². The van der Waals surface area contributed by atoms with E-state index in [0.29, 0.717) is 29.2 Å². The second kappa shape index (κ2) is 8.09. The van der Waals surface area contributed by atoms with E-state index in [1.165, 1.54) is 4.90 Å². The Morgan fingerprint density at radius 2 is 2.13 bits per heavy atom. The van der Waals surface area contributed by atoms with Gasteiger partial charge in [0.2, 0.25) is 5.82 Å². The summed E-state index contributed by atoms with van der Waals surface area (Å²) < 4.78 is 5.73. The number of H-pyrrole nitrogens is 1. The molecule has 0 radical (unpaired) electrons. The van der Waals surface area contributed by atoms with Crippen LogP contribution in [-0.4, -0.2) is 46.7 Å². The molecule has 1 atom stereocenters. The van der Waals surface area contributed by atoms with E-state index < -0.39 is 11.9 Å². The fourth-order valence-electron chi connectivity index (χ4n) is 3.18. The lowest BCUT2D eigenvalue weighted by atomic mass is 10.1. The summed E-state index contributed by atoms with van der Waals surface area (Å²) in [6.07, 6.45) is 5.96. The van der Waals surface area contributed by atoms with Crippen molar-refractivity contribution in [3.63, 3.8) is 0 Å². The maximum atomic E-state index is 12.9. The number of amides is 2. The Hall–Kier alpha value is -4.12. The van der Waals surface area contributed by atoms with Gasteiger partial charge in [0.1, 0.15) is 24.2 Å². The van der Waals surface area contributed by atoms with Gasteiger partial charge in [-0.3, -0.25) is 14.7 Å². The monoisotopic (exact) mass is 401 g/mol. The largest absolute Gasteiger partial charge is 0.489 e. The zero-order valence-electron chi connectivity index (χ0n) is 16.3. The number of hydrogen-bond donors (Lipinski definition) is 2. The standard InChI is InChI=1S/C22H19N5O3/c1-3-14-9-10-18-17(11-14)27(2)22(29)16(13-30-18)23-21(28)20-24-19(25-26-20)12-15-7-5-4-6-8-15/h1,4-11,16H,12-13H2,2H3,(H,23,28)(H,24,25,26)/t16-/m0/s1. The third kappa shape index (κ3) is 3.86. The van der Waals surface area contributed by atoms with Gasteiger partial charge in [0.15, 0.2) is 0 Å². The van der Waals surface area contributed by atoms with E-state index in [4.69, 9.17) is 11.2 Å². The Bertz CT molecular complexity index is 1130. The average molecular weight is 401 g/mol. The number of carbonyl (C=O) groups excluding carboxylic acids is 2. The number of likely N-dealkylation sites (N-methyl/N-ethyl adjacent to an activating group) is 1. The maximum Gasteiger partial charge on any atom is 0.291 e. The van der Waals surface area contributed by atoms with E-state index in [-0.39, 0.29) is 18.3 Å². The smallest absolute Gasteiger partial charge is 0.291 e. The molecule has 1 aromatic heterocycles. The Balaban J connectivity index is 1.46. The van der Waals surface area contributed by atoms with Gasteiger partial charge in [0.05, 0.1) is 5.69 Å². The van der Waals surface area contributed by atoms with Crippen molar-refractivity contribution in [3.05, 3.63) is 71.3 Å². The van der Waals surface area contributed by atoms with Crippen LogP contribution in [0.2, 0.25) is 0 Å². The SMILES string of the molecule is C#Cc1ccc2c(c1)N(C)C(=O)[C@@H](NC(=O)c1n[nH]c(Cc3ccccc3)n1)CO2. The van der Waals surface area contributed by atoms with Gasteiger partial charge < -0.3 is 15.0 Å². The van der Waals surface area contributed by atoms with Crippen LogP contribution in [0.25, 0.3) is 0 Å². The number of terminal acetylenes is 1. The summed E-state index contributed by atoms with van der Waals surface area (Å²) in [5.41, 5.74) is 2.22. The van der Waals surface area contributed by atoms with E-state index >= 15 is 0 Å². The van der Waals surface area contributed by atoms with Crippen molar-refractivity contribution in [2.24, 2.45) is 0 Å². The Labute approximate surface area is 173 Å². The van der Waals surface area contributed by atoms with Crippen LogP contribution in [0.5, 0.6) is 5.75 Å². The van der Waals surface area contributed by atoms with Crippen molar-refractivity contribution < 1.29 is 14.3 Å². The third-order valence-electron chi connectivity index (χ3n) is 4.78. The van der Waals surface area contributed by atoms with Crippen LogP contribution in [0.15, 0.2) is 48.5 Å². The van der Waals surface area contributed by atoms with Crippen molar-refractivity contribution in [1.82, 2.24) is 20.5 Å². The molecule has 0 fully saturated rings. The summed E-state index contributed by atoms with van der Waals surface area (Å²) in [4.78, 5) is 31.1. The number of nitrogens with one attached hydrogen (secondary N) is 2. The number of fused-ring (bicyclic) bond motifs is 1. The number of nitrogens with zero attached hydrogens (tertiary/aromatic N) is 3. The molecule has 30 heavy (non-hydrogen) atoms. The normalized spacial score (nSPS) is 15.5. The summed E-state index contributed by atoms with van der Waals surface area (Å²) >= 11 is 0. The highest BCUT2D eigenvalue weighted by molar-refractivity contribution is 6.02. The molecular weight excluding hydrogens is 382 g/mol. The minimum atomic E-state index is -0.889. The van der Waals surface area contributed by atoms with Crippen LogP contribution in [0.3, 0.4) is 0 Å². The molecule has 0 saturated heterocycles. The first-order valence-corrected chi connectivity index (χ1v) is 9.32. The van der Waals surface area contributed by atoms with Crippen LogP contribution in [-0.2, 0) is 11.2 Å². The molecule has 0 bridgehead atoms. The number of aromatic nitrogens is 3. The molecule has 1 aliphatic heterocycles. The first-order chi connectivity index (χ1) is 14.5. The molecule has 150 valence electrons. The van der Waals surface area contributed by atoms with Crippen molar-refractivity contribution in [3.8, 4) is 18.1 Å². The number of carbonyl (C=O) groups is 2. The lowest BCUT2D eigenvalue weighted by Gasteiger charge is -2.20. The molecule has 8 heteroatoms. The van der Waals surface area contributed by atoms with Crippen molar-refractivity contribution in [1.29, 1.82) is 0 Å². The summed E-state index contributed by atoms with van der Waals surface area (Å²) in [5, 5.41) is 9.39. The molecule has 1 aliphatic rings. The quantitative estimate of drug-likeness (QED) is 0.646. The summed E-state index contributed by atoms with van der Waals surface area (Å²) in [7, 11) is 1.61. The van der Waals surface area contributed by atoms with Crippen molar-refractivity contribution >= 4 is 17.5 Å². The van der Waals surface area contributed by atoms with E-state index in [1.54, 1.807) is 25.2 Å². The zero-order valence-corrected chi connectivity index (χ0v) is 16.3. The van der Waals surface area contributed by atoms with Gasteiger partial charge in [-0.25, -0.2) is 4.98 Å². The topological polar surface area (TPSA) is 100 Å². The number of ether oxygens (including phenoxy) is 1. The van der Waals surface area contributed by atoms with E-state index in [0.717, 1.165) is 5.56 Å². The number of anilines is 1. The lowest BCUT2D eigenvalue weighted by Crippen LogP contribution is -2.49. The molecule has 2 aromatic carbocycles. The van der Waals surface area contributed by atoms with Gasteiger partial charge in [0.25, 0.3) is 11.8 Å². The zero-order chi connectivity index (χ0) is 21.1. The maximum absolute atomic E-state index is 12.9. The third-order valence-corrected chi connectivity index (χ3v) is 4.78. The van der Waals surface area contributed by atoms with E-state index in [2.05, 4.69) is 26.4 Å². The van der Waals surface area contributed by atoms with Gasteiger partial charge in [-0.15, -0.1) is 11.5 Å². The highest BCUT2D eigenvalue weighted by Gasteiger charge is 2.31. The van der Waals surface area contributed by atoms with Crippen LogP contribution in [0, 0.1) is 12.3 Å². The minimum Gasteiger partial charge on any atom is -0.489 e. The Morgan fingerprint density at radius 1 is 1.33 bits per heavy atom. The molecular formula is C22H19N5O3. The molecule has 0 unspecified atom stereocenters. The second-order valence-electron chi connectivity index (χ2n) is 6.83. The van der Waals surface area contributed by atoms with Crippen LogP contribution in [0.1, 0.15) is 27.6 Å². The summed E-state index contributed by atoms with van der Waals surface area (Å²) in [6.45, 7) is -0.0153. The molecule has 2 N–H and O–H groups in total. The minimum absolute atomic E-state index is 0.0153. The summed E-state index contributed by atoms with van der Waals surface area (Å²) in [6, 6.07) is 14.0. The predicted octanol–water partition coefficient (Wildman–Crippen LogP) is 1.53. The lowest BCUT2D eigenvalue weighted by molar-refractivity contribution is -0.120. The van der Waals surface area contributed by atoms with Gasteiger partial charge in [-0.1, -0.05) is 36.3 Å². The van der Waals surface area contributed by atoms with E-state index in [1.807, 2.05) is 30.3 Å². The number of hydrogen-bond acceptors (Lipinski definition) is 5. The highest BCUT2D eigenvalue weighted by Crippen LogP contribution is 2.31. The second-order valence-corrected chi connectivity index (χ2v) is 6.83. The molecule has 3 aromatic rings. The molecule has 0 aliphatic carbocycles. The number of rotatable bonds is 4. The fraction of sp³-hybridized carbons (Fsp3) is 0.182. The first kappa shape index (κ1) is 19.2. The Kier molecular flexibility index (Phi) is 5.18. The Morgan fingerprint density at radius 3 is 2.90 bits per heavy atom. The van der Waals surface area contributed by atoms with Gasteiger partial charge >= 0.3 is 0 Å². The molecule has 2 amide bonds.